The molecule has 16 heavy (non-hydrogen) atoms. The van der Waals surface area contributed by atoms with Crippen LogP contribution in [0.2, 0.25) is 5.04 Å². The minimum atomic E-state index is -1.47. The van der Waals surface area contributed by atoms with Crippen molar-refractivity contribution in [3.8, 4) is 0 Å². The molecule has 3 heteroatoms. The summed E-state index contributed by atoms with van der Waals surface area (Å²) >= 11 is 0. The highest BCUT2D eigenvalue weighted by Crippen LogP contribution is 2.45. The molecule has 0 aromatic carbocycles. The van der Waals surface area contributed by atoms with E-state index in [9.17, 15) is 0 Å². The highest BCUT2D eigenvalue weighted by atomic mass is 28.3. The van der Waals surface area contributed by atoms with Gasteiger partial charge in [-0.2, -0.15) is 0 Å². The number of hydrogen-bond donors (Lipinski definition) is 0. The Morgan fingerprint density at radius 2 is 1.44 bits per heavy atom. The molecule has 0 spiro atoms. The molecular formula is C13H28O2Si. The van der Waals surface area contributed by atoms with Crippen LogP contribution in [0.25, 0.3) is 0 Å². The Morgan fingerprint density at radius 1 is 0.938 bits per heavy atom. The standard InChI is InChI=1S/C13H28O2Si/c1-4-11-14-16(15-12-5-2)13(3)9-7-6-8-10-13/h16H,4-12H2,1-3H3. The summed E-state index contributed by atoms with van der Waals surface area (Å²) in [5, 5.41) is 0.391. The van der Waals surface area contributed by atoms with E-state index < -0.39 is 9.28 Å². The van der Waals surface area contributed by atoms with E-state index in [1.165, 1.54) is 32.1 Å². The molecule has 2 nitrogen and oxygen atoms in total. The fourth-order valence-corrected chi connectivity index (χ4v) is 5.18. The van der Waals surface area contributed by atoms with E-state index in [0.29, 0.717) is 5.04 Å². The Hall–Kier alpha value is 0.137. The van der Waals surface area contributed by atoms with Gasteiger partial charge in [-0.15, -0.1) is 0 Å². The molecule has 0 bridgehead atoms. The molecular weight excluding hydrogens is 216 g/mol. The average Bonchev–Trinajstić information content (AvgIpc) is 2.30. The zero-order valence-corrected chi connectivity index (χ0v) is 12.4. The molecule has 0 aromatic rings. The fourth-order valence-electron chi connectivity index (χ4n) is 2.50. The first-order valence-corrected chi connectivity index (χ1v) is 8.48. The summed E-state index contributed by atoms with van der Waals surface area (Å²) in [5.74, 6) is 0. The van der Waals surface area contributed by atoms with E-state index in [2.05, 4.69) is 20.8 Å². The molecule has 1 aliphatic carbocycles. The van der Waals surface area contributed by atoms with E-state index in [1.807, 2.05) is 0 Å². The van der Waals surface area contributed by atoms with Crippen molar-refractivity contribution in [2.24, 2.45) is 0 Å². The van der Waals surface area contributed by atoms with Crippen molar-refractivity contribution in [3.63, 3.8) is 0 Å². The van der Waals surface area contributed by atoms with E-state index >= 15 is 0 Å². The van der Waals surface area contributed by atoms with Gasteiger partial charge in [-0.05, 0) is 25.7 Å². The molecule has 96 valence electrons. The first-order valence-electron chi connectivity index (χ1n) is 6.96. The fraction of sp³-hybridized carbons (Fsp3) is 1.00. The second kappa shape index (κ2) is 7.46. The van der Waals surface area contributed by atoms with Crippen LogP contribution in [0.5, 0.6) is 0 Å². The lowest BCUT2D eigenvalue weighted by atomic mass is 9.90. The van der Waals surface area contributed by atoms with Gasteiger partial charge in [-0.25, -0.2) is 0 Å². The van der Waals surface area contributed by atoms with E-state index in [0.717, 1.165) is 26.1 Å². The van der Waals surface area contributed by atoms with Crippen molar-refractivity contribution in [2.75, 3.05) is 13.2 Å². The quantitative estimate of drug-likeness (QED) is 0.634. The van der Waals surface area contributed by atoms with Crippen molar-refractivity contribution in [2.45, 2.75) is 70.8 Å². The lowest BCUT2D eigenvalue weighted by Gasteiger charge is -2.38. The normalized spacial score (nSPS) is 20.2. The van der Waals surface area contributed by atoms with Gasteiger partial charge in [-0.1, -0.05) is 40.0 Å². The van der Waals surface area contributed by atoms with Gasteiger partial charge < -0.3 is 8.85 Å². The summed E-state index contributed by atoms with van der Waals surface area (Å²) < 4.78 is 12.1. The third-order valence-corrected chi connectivity index (χ3v) is 6.30. The maximum absolute atomic E-state index is 6.05. The Labute approximate surface area is 103 Å². The van der Waals surface area contributed by atoms with Crippen LogP contribution in [0, 0.1) is 0 Å². The van der Waals surface area contributed by atoms with Crippen LogP contribution in [0.1, 0.15) is 65.7 Å². The lowest BCUT2D eigenvalue weighted by molar-refractivity contribution is 0.159. The van der Waals surface area contributed by atoms with Gasteiger partial charge >= 0.3 is 9.28 Å². The predicted octanol–water partition coefficient (Wildman–Crippen LogP) is 3.78. The SMILES string of the molecule is CCCO[SiH](OCCC)C1(C)CCCCC1. The van der Waals surface area contributed by atoms with Crippen LogP contribution < -0.4 is 0 Å². The maximum Gasteiger partial charge on any atom is 0.327 e. The van der Waals surface area contributed by atoms with Crippen LogP contribution in [-0.2, 0) is 8.85 Å². The second-order valence-corrected chi connectivity index (χ2v) is 8.01. The Balaban J connectivity index is 2.50. The first-order chi connectivity index (χ1) is 7.73. The first kappa shape index (κ1) is 14.2. The molecule has 0 N–H and O–H groups in total. The summed E-state index contributed by atoms with van der Waals surface area (Å²) in [5.41, 5.74) is 0. The van der Waals surface area contributed by atoms with Crippen LogP contribution in [0.3, 0.4) is 0 Å². The van der Waals surface area contributed by atoms with Gasteiger partial charge in [0.25, 0.3) is 0 Å². The minimum Gasteiger partial charge on any atom is -0.396 e. The van der Waals surface area contributed by atoms with Gasteiger partial charge in [0.05, 0.1) is 0 Å². The van der Waals surface area contributed by atoms with Gasteiger partial charge in [-0.3, -0.25) is 0 Å². The molecule has 1 aliphatic rings. The summed E-state index contributed by atoms with van der Waals surface area (Å²) in [7, 11) is -1.47. The zero-order chi connectivity index (χ0) is 11.9. The molecule has 1 fully saturated rings. The highest BCUT2D eigenvalue weighted by Gasteiger charge is 2.39. The van der Waals surface area contributed by atoms with Crippen LogP contribution in [-0.4, -0.2) is 22.5 Å². The van der Waals surface area contributed by atoms with Crippen LogP contribution in [0.15, 0.2) is 0 Å². The zero-order valence-electron chi connectivity index (χ0n) is 11.3. The molecule has 0 aliphatic heterocycles. The average molecular weight is 244 g/mol. The molecule has 1 saturated carbocycles. The number of rotatable bonds is 7. The molecule has 0 atom stereocenters. The highest BCUT2D eigenvalue weighted by molar-refractivity contribution is 6.48. The molecule has 0 aromatic heterocycles. The number of hydrogen-bond acceptors (Lipinski definition) is 2. The van der Waals surface area contributed by atoms with Gasteiger partial charge in [0.2, 0.25) is 0 Å². The van der Waals surface area contributed by atoms with Crippen molar-refractivity contribution < 1.29 is 8.85 Å². The van der Waals surface area contributed by atoms with Gasteiger partial charge in [0.15, 0.2) is 0 Å². The minimum absolute atomic E-state index is 0.391. The maximum atomic E-state index is 6.05. The molecule has 0 amide bonds. The lowest BCUT2D eigenvalue weighted by Crippen LogP contribution is -2.38. The Bertz CT molecular complexity index is 171. The van der Waals surface area contributed by atoms with Crippen molar-refractivity contribution >= 4 is 9.28 Å². The van der Waals surface area contributed by atoms with Crippen molar-refractivity contribution in [1.82, 2.24) is 0 Å². The van der Waals surface area contributed by atoms with Gasteiger partial charge in [0.1, 0.15) is 0 Å². The largest absolute Gasteiger partial charge is 0.396 e. The van der Waals surface area contributed by atoms with E-state index in [4.69, 9.17) is 8.85 Å². The van der Waals surface area contributed by atoms with Crippen molar-refractivity contribution in [1.29, 1.82) is 0 Å². The summed E-state index contributed by atoms with van der Waals surface area (Å²) in [6.45, 7) is 8.52. The molecule has 0 heterocycles. The summed E-state index contributed by atoms with van der Waals surface area (Å²) in [6, 6.07) is 0. The topological polar surface area (TPSA) is 18.5 Å². The van der Waals surface area contributed by atoms with Crippen LogP contribution in [0.4, 0.5) is 0 Å². The molecule has 0 unspecified atom stereocenters. The van der Waals surface area contributed by atoms with Gasteiger partial charge in [0, 0.05) is 18.3 Å². The summed E-state index contributed by atoms with van der Waals surface area (Å²) in [6.07, 6.45) is 8.98. The van der Waals surface area contributed by atoms with Crippen molar-refractivity contribution in [3.05, 3.63) is 0 Å². The third-order valence-electron chi connectivity index (χ3n) is 3.51. The third kappa shape index (κ3) is 4.19. The Kier molecular flexibility index (Phi) is 6.62. The van der Waals surface area contributed by atoms with E-state index in [1.54, 1.807) is 0 Å². The molecule has 1 rings (SSSR count). The monoisotopic (exact) mass is 244 g/mol. The Morgan fingerprint density at radius 3 is 1.88 bits per heavy atom. The smallest absolute Gasteiger partial charge is 0.327 e. The van der Waals surface area contributed by atoms with Crippen LogP contribution >= 0.6 is 0 Å². The summed E-state index contributed by atoms with van der Waals surface area (Å²) in [4.78, 5) is 0. The predicted molar refractivity (Wildman–Crippen MR) is 71.1 cm³/mol. The second-order valence-electron chi connectivity index (χ2n) is 5.29. The molecule has 0 saturated heterocycles. The van der Waals surface area contributed by atoms with E-state index in [-0.39, 0.29) is 0 Å². The molecule has 0 radical (unpaired) electrons.